The summed E-state index contributed by atoms with van der Waals surface area (Å²) in [7, 11) is 0. The quantitative estimate of drug-likeness (QED) is 0.415. The average molecular weight is 468 g/mol. The van der Waals surface area contributed by atoms with Crippen molar-refractivity contribution in [3.63, 3.8) is 0 Å². The Morgan fingerprint density at radius 3 is 1.31 bits per heavy atom. The van der Waals surface area contributed by atoms with Gasteiger partial charge in [0.15, 0.2) is 0 Å². The molecule has 1 heteroatoms. The van der Waals surface area contributed by atoms with E-state index >= 15 is 0 Å². The second kappa shape index (κ2) is 7.33. The van der Waals surface area contributed by atoms with Crippen LogP contribution in [0.15, 0.2) is 70.3 Å². The topological polar surface area (TPSA) is 0 Å². The monoisotopic (exact) mass is 466 g/mol. The predicted octanol–water partition coefficient (Wildman–Crippen LogP) is 8.69. The molecule has 0 amide bonds. The molecule has 0 N–H and O–H groups in total. The van der Waals surface area contributed by atoms with Crippen LogP contribution in [0.3, 0.4) is 0 Å². The van der Waals surface area contributed by atoms with Crippen LogP contribution in [-0.4, -0.2) is 0 Å². The first kappa shape index (κ1) is 22.7. The summed E-state index contributed by atoms with van der Waals surface area (Å²) in [5.41, 5.74) is 11.3. The first-order valence-corrected chi connectivity index (χ1v) is 17.8. The molecule has 0 saturated heterocycles. The van der Waals surface area contributed by atoms with Crippen LogP contribution in [0.2, 0.25) is 4.63 Å². The number of benzene rings is 1. The van der Waals surface area contributed by atoms with Crippen LogP contribution in [0, 0.1) is 10.8 Å². The third-order valence-corrected chi connectivity index (χ3v) is 21.7. The Morgan fingerprint density at radius 1 is 0.621 bits per heavy atom. The standard InChI is InChI=1S/2C10H15.C7H7.CH3.Zr/c2*1-7-6-10(4,5)9(3)8(7)2;1-7-5-3-2-4-6-7;;/h2*1-5H3;2-6H,1H2;1H3;. The summed E-state index contributed by atoms with van der Waals surface area (Å²) in [6.07, 6.45) is 0. The van der Waals surface area contributed by atoms with E-state index in [-0.39, 0.29) is 10.8 Å². The summed E-state index contributed by atoms with van der Waals surface area (Å²) < 4.78 is 7.65. The van der Waals surface area contributed by atoms with E-state index in [1.165, 1.54) is 20.8 Å². The van der Waals surface area contributed by atoms with E-state index < -0.39 is 20.3 Å². The molecule has 156 valence electrons. The summed E-state index contributed by atoms with van der Waals surface area (Å²) >= 11 is -3.03. The summed E-state index contributed by atoms with van der Waals surface area (Å²) in [4.78, 5) is 0. The molecular formula is C28H40Zr. The molecule has 29 heavy (non-hydrogen) atoms. The van der Waals surface area contributed by atoms with E-state index in [1.54, 1.807) is 22.3 Å². The van der Waals surface area contributed by atoms with Gasteiger partial charge in [0.2, 0.25) is 0 Å². The van der Waals surface area contributed by atoms with Gasteiger partial charge in [0.05, 0.1) is 0 Å². The zero-order chi connectivity index (χ0) is 21.9. The summed E-state index contributed by atoms with van der Waals surface area (Å²) in [6, 6.07) is 11.3. The van der Waals surface area contributed by atoms with Gasteiger partial charge in [-0.05, 0) is 0 Å². The molecule has 1 aromatic carbocycles. The summed E-state index contributed by atoms with van der Waals surface area (Å²) in [5, 5.41) is 0. The van der Waals surface area contributed by atoms with Crippen molar-refractivity contribution in [1.82, 2.24) is 0 Å². The third-order valence-electron chi connectivity index (χ3n) is 8.63. The first-order chi connectivity index (χ1) is 13.3. The minimum atomic E-state index is -3.03. The number of hydrogen-bond donors (Lipinski definition) is 0. The van der Waals surface area contributed by atoms with E-state index in [4.69, 9.17) is 0 Å². The van der Waals surface area contributed by atoms with Gasteiger partial charge < -0.3 is 0 Å². The van der Waals surface area contributed by atoms with Gasteiger partial charge in [0.25, 0.3) is 0 Å². The molecule has 0 spiro atoms. The van der Waals surface area contributed by atoms with Gasteiger partial charge in [-0.1, -0.05) is 0 Å². The van der Waals surface area contributed by atoms with E-state index in [0.717, 1.165) is 0 Å². The summed E-state index contributed by atoms with van der Waals surface area (Å²) in [5.74, 6) is 0. The van der Waals surface area contributed by atoms with Crippen LogP contribution in [0.5, 0.6) is 0 Å². The van der Waals surface area contributed by atoms with E-state index in [2.05, 4.69) is 104 Å². The van der Waals surface area contributed by atoms with Gasteiger partial charge in [-0.2, -0.15) is 0 Å². The Morgan fingerprint density at radius 2 is 1.00 bits per heavy atom. The molecule has 0 aromatic heterocycles. The zero-order valence-electron chi connectivity index (χ0n) is 20.6. The van der Waals surface area contributed by atoms with Crippen molar-refractivity contribution in [2.75, 3.05) is 0 Å². The average Bonchev–Trinajstić information content (AvgIpc) is 2.90. The van der Waals surface area contributed by atoms with Crippen LogP contribution in [0.25, 0.3) is 0 Å². The molecule has 0 nitrogen and oxygen atoms in total. The van der Waals surface area contributed by atoms with Gasteiger partial charge in [-0.25, -0.2) is 0 Å². The van der Waals surface area contributed by atoms with Crippen LogP contribution in [-0.2, 0) is 24.4 Å². The van der Waals surface area contributed by atoms with E-state index in [1.807, 2.05) is 6.56 Å². The molecular weight excluding hydrogens is 428 g/mol. The normalized spacial score (nSPS) is 21.8. The van der Waals surface area contributed by atoms with Crippen molar-refractivity contribution in [3.8, 4) is 0 Å². The van der Waals surface area contributed by atoms with Crippen LogP contribution >= 0.6 is 0 Å². The molecule has 2 aliphatic rings. The Balaban J connectivity index is 2.32. The predicted molar refractivity (Wildman–Crippen MR) is 126 cm³/mol. The SMILES string of the molecule is CC1=C(C)C(C)(C)[C]([Zr]([CH3])([CH2]c2ccccc2)[C]2=C(C)C(C)=C(C)C2(C)C)=C1C. The van der Waals surface area contributed by atoms with Gasteiger partial charge in [-0.15, -0.1) is 0 Å². The van der Waals surface area contributed by atoms with Crippen molar-refractivity contribution in [3.05, 3.63) is 75.9 Å². The Bertz CT molecular complexity index is 916. The Labute approximate surface area is 184 Å². The van der Waals surface area contributed by atoms with Crippen molar-refractivity contribution < 1.29 is 20.3 Å². The molecule has 0 saturated carbocycles. The zero-order valence-corrected chi connectivity index (χ0v) is 23.1. The molecule has 0 fully saturated rings. The molecule has 0 heterocycles. The van der Waals surface area contributed by atoms with Gasteiger partial charge in [0, 0.05) is 0 Å². The fraction of sp³-hybridized carbons (Fsp3) is 0.500. The van der Waals surface area contributed by atoms with Crippen LogP contribution in [0.1, 0.15) is 74.8 Å². The van der Waals surface area contributed by atoms with Gasteiger partial charge in [0.1, 0.15) is 0 Å². The molecule has 1 aromatic rings. The summed E-state index contributed by atoms with van der Waals surface area (Å²) in [6.45, 7) is 24.2. The Kier molecular flexibility index (Phi) is 5.75. The van der Waals surface area contributed by atoms with E-state index in [0.29, 0.717) is 0 Å². The van der Waals surface area contributed by atoms with Crippen molar-refractivity contribution in [2.24, 2.45) is 10.8 Å². The second-order valence-corrected chi connectivity index (χ2v) is 20.6. The molecule has 0 bridgehead atoms. The van der Waals surface area contributed by atoms with Gasteiger partial charge in [-0.3, -0.25) is 0 Å². The van der Waals surface area contributed by atoms with Crippen molar-refractivity contribution in [1.29, 1.82) is 0 Å². The number of allylic oxidation sites excluding steroid dienone is 8. The maximum absolute atomic E-state index is 3.03. The second-order valence-electron chi connectivity index (χ2n) is 10.7. The molecule has 0 radical (unpaired) electrons. The van der Waals surface area contributed by atoms with Gasteiger partial charge >= 0.3 is 185 Å². The fourth-order valence-electron chi connectivity index (χ4n) is 6.70. The fourth-order valence-corrected chi connectivity index (χ4v) is 23.5. The number of hydrogen-bond acceptors (Lipinski definition) is 0. The first-order valence-electron chi connectivity index (χ1n) is 11.1. The maximum atomic E-state index is 2.74. The molecule has 0 unspecified atom stereocenters. The van der Waals surface area contributed by atoms with Crippen LogP contribution < -0.4 is 0 Å². The molecule has 3 rings (SSSR count). The third kappa shape index (κ3) is 3.27. The molecule has 0 atom stereocenters. The Hall–Kier alpha value is -0.937. The van der Waals surface area contributed by atoms with Crippen molar-refractivity contribution >= 4 is 0 Å². The van der Waals surface area contributed by atoms with Crippen LogP contribution in [0.4, 0.5) is 0 Å². The van der Waals surface area contributed by atoms with E-state index in [9.17, 15) is 0 Å². The van der Waals surface area contributed by atoms with Crippen molar-refractivity contribution in [2.45, 2.75) is 78.0 Å². The molecule has 0 aliphatic heterocycles. The number of rotatable bonds is 4. The molecule has 2 aliphatic carbocycles. The minimum absolute atomic E-state index is 0.168.